The highest BCUT2D eigenvalue weighted by atomic mass is 16.3. The maximum atomic E-state index is 11.9. The molecule has 2 N–H and O–H groups in total. The Balaban J connectivity index is 3.68. The molecule has 1 aliphatic carbocycles. The molecule has 0 aromatic rings. The van der Waals surface area contributed by atoms with Crippen LogP contribution < -0.4 is 0 Å². The molecule has 0 atom stereocenters. The second-order valence-electron chi connectivity index (χ2n) is 4.51. The number of aliphatic hydroxyl groups excluding tert-OH is 2. The van der Waals surface area contributed by atoms with Gasteiger partial charge in [-0.1, -0.05) is 0 Å². The van der Waals surface area contributed by atoms with Crippen molar-refractivity contribution in [2.75, 3.05) is 0 Å². The molecule has 0 aromatic heterocycles. The Kier molecular flexibility index (Phi) is 2.97. The number of allylic oxidation sites excluding steroid dienone is 3. The minimum Gasteiger partial charge on any atom is -0.510 e. The number of rotatable bonds is 2. The summed E-state index contributed by atoms with van der Waals surface area (Å²) in [5, 5.41) is 19.6. The highest BCUT2D eigenvalue weighted by Crippen LogP contribution is 2.38. The van der Waals surface area contributed by atoms with Crippen molar-refractivity contribution in [2.24, 2.45) is 5.41 Å². The van der Waals surface area contributed by atoms with E-state index in [1.165, 1.54) is 13.8 Å². The first kappa shape index (κ1) is 13.2. The first-order valence-electron chi connectivity index (χ1n) is 5.06. The fourth-order valence-electron chi connectivity index (χ4n) is 1.74. The highest BCUT2D eigenvalue weighted by molar-refractivity contribution is 6.25. The van der Waals surface area contributed by atoms with Crippen LogP contribution in [0.25, 0.3) is 0 Å². The Bertz CT molecular complexity index is 491. The van der Waals surface area contributed by atoms with Crippen LogP contribution >= 0.6 is 0 Å². The van der Waals surface area contributed by atoms with E-state index in [2.05, 4.69) is 0 Å². The molecule has 1 rings (SSSR count). The molecule has 1 aliphatic rings. The van der Waals surface area contributed by atoms with Crippen LogP contribution in [0.3, 0.4) is 0 Å². The molecule has 92 valence electrons. The molecule has 0 spiro atoms. The summed E-state index contributed by atoms with van der Waals surface area (Å²) in [6, 6.07) is 0. The van der Waals surface area contributed by atoms with Gasteiger partial charge < -0.3 is 10.2 Å². The van der Waals surface area contributed by atoms with Crippen LogP contribution in [0.1, 0.15) is 27.7 Å². The van der Waals surface area contributed by atoms with Crippen molar-refractivity contribution >= 4 is 17.3 Å². The van der Waals surface area contributed by atoms with Gasteiger partial charge in [-0.3, -0.25) is 14.4 Å². The van der Waals surface area contributed by atoms with Gasteiger partial charge in [0.05, 0.1) is 11.0 Å². The smallest absolute Gasteiger partial charge is 0.183 e. The number of ketones is 3. The van der Waals surface area contributed by atoms with E-state index in [1.807, 2.05) is 0 Å². The zero-order valence-electron chi connectivity index (χ0n) is 10.1. The lowest BCUT2D eigenvalue weighted by Crippen LogP contribution is -2.37. The normalized spacial score (nSPS) is 19.6. The van der Waals surface area contributed by atoms with Gasteiger partial charge in [0.25, 0.3) is 0 Å². The highest BCUT2D eigenvalue weighted by Gasteiger charge is 2.45. The molecule has 0 saturated carbocycles. The molecular weight excluding hydrogens is 224 g/mol. The average Bonchev–Trinajstić information content (AvgIpc) is 2.14. The number of carbonyl (C=O) groups excluding carboxylic acids is 3. The maximum absolute atomic E-state index is 11.9. The average molecular weight is 238 g/mol. The van der Waals surface area contributed by atoms with Gasteiger partial charge in [0.1, 0.15) is 17.1 Å². The van der Waals surface area contributed by atoms with Crippen molar-refractivity contribution in [1.82, 2.24) is 0 Å². The minimum atomic E-state index is -1.38. The summed E-state index contributed by atoms with van der Waals surface area (Å²) >= 11 is 0. The third kappa shape index (κ3) is 1.77. The summed E-state index contributed by atoms with van der Waals surface area (Å²) < 4.78 is 0. The second-order valence-corrected chi connectivity index (χ2v) is 4.51. The summed E-state index contributed by atoms with van der Waals surface area (Å²) in [5.74, 6) is -3.15. The van der Waals surface area contributed by atoms with Gasteiger partial charge in [-0.2, -0.15) is 0 Å². The van der Waals surface area contributed by atoms with Crippen LogP contribution in [-0.4, -0.2) is 27.6 Å². The van der Waals surface area contributed by atoms with E-state index in [1.54, 1.807) is 0 Å². The summed E-state index contributed by atoms with van der Waals surface area (Å²) in [5.41, 5.74) is -2.17. The van der Waals surface area contributed by atoms with Gasteiger partial charge in [-0.25, -0.2) is 0 Å². The molecule has 5 heteroatoms. The van der Waals surface area contributed by atoms with Crippen LogP contribution in [0.4, 0.5) is 0 Å². The van der Waals surface area contributed by atoms with Gasteiger partial charge in [0, 0.05) is 0 Å². The van der Waals surface area contributed by atoms with E-state index in [0.29, 0.717) is 0 Å². The van der Waals surface area contributed by atoms with E-state index >= 15 is 0 Å². The molecule has 0 fully saturated rings. The number of carbonyl (C=O) groups is 3. The lowest BCUT2D eigenvalue weighted by molar-refractivity contribution is -0.126. The van der Waals surface area contributed by atoms with Crippen LogP contribution in [0.2, 0.25) is 0 Å². The lowest BCUT2D eigenvalue weighted by atomic mass is 9.74. The fourth-order valence-corrected chi connectivity index (χ4v) is 1.74. The van der Waals surface area contributed by atoms with Gasteiger partial charge in [0.15, 0.2) is 17.3 Å². The molecule has 0 amide bonds. The standard InChI is InChI=1S/C12H14O5/c1-5(13)7-9(15)8(6(2)14)11(17)12(3,4)10(7)16/h15-16H,1-4H3. The molecule has 0 aliphatic heterocycles. The topological polar surface area (TPSA) is 91.7 Å². The summed E-state index contributed by atoms with van der Waals surface area (Å²) in [6.07, 6.45) is 0. The first-order valence-corrected chi connectivity index (χ1v) is 5.06. The number of hydrogen-bond acceptors (Lipinski definition) is 5. The van der Waals surface area contributed by atoms with Crippen molar-refractivity contribution in [3.63, 3.8) is 0 Å². The zero-order chi connectivity index (χ0) is 13.5. The Morgan fingerprint density at radius 1 is 1.00 bits per heavy atom. The number of hydrogen-bond donors (Lipinski definition) is 2. The Labute approximate surface area is 98.4 Å². The quantitative estimate of drug-likeness (QED) is 0.709. The van der Waals surface area contributed by atoms with Crippen molar-refractivity contribution in [1.29, 1.82) is 0 Å². The molecule has 5 nitrogen and oxygen atoms in total. The predicted octanol–water partition coefficient (Wildman–Crippen LogP) is 1.40. The molecule has 0 bridgehead atoms. The molecule has 0 saturated heterocycles. The molecule has 0 aromatic carbocycles. The van der Waals surface area contributed by atoms with E-state index in [4.69, 9.17) is 0 Å². The predicted molar refractivity (Wildman–Crippen MR) is 59.5 cm³/mol. The van der Waals surface area contributed by atoms with Crippen LogP contribution in [0.15, 0.2) is 22.7 Å². The number of aliphatic hydroxyl groups is 2. The van der Waals surface area contributed by atoms with Crippen molar-refractivity contribution in [3.05, 3.63) is 22.7 Å². The van der Waals surface area contributed by atoms with E-state index in [-0.39, 0.29) is 5.57 Å². The SMILES string of the molecule is CC(=O)C1=C(O)C(C(C)=O)=C(O)C(C)(C)C1=O. The molecule has 0 unspecified atom stereocenters. The van der Waals surface area contributed by atoms with Gasteiger partial charge in [-0.05, 0) is 27.7 Å². The van der Waals surface area contributed by atoms with Crippen LogP contribution in [0.5, 0.6) is 0 Å². The lowest BCUT2D eigenvalue weighted by Gasteiger charge is -2.29. The van der Waals surface area contributed by atoms with Gasteiger partial charge >= 0.3 is 0 Å². The van der Waals surface area contributed by atoms with Crippen LogP contribution in [0, 0.1) is 5.41 Å². The Hall–Kier alpha value is -1.91. The molecule has 0 radical (unpaired) electrons. The Morgan fingerprint density at radius 2 is 1.41 bits per heavy atom. The minimum absolute atomic E-state index is 0.361. The monoisotopic (exact) mass is 238 g/mol. The molecule has 17 heavy (non-hydrogen) atoms. The van der Waals surface area contributed by atoms with E-state index in [9.17, 15) is 24.6 Å². The summed E-state index contributed by atoms with van der Waals surface area (Å²) in [7, 11) is 0. The van der Waals surface area contributed by atoms with Crippen LogP contribution in [-0.2, 0) is 14.4 Å². The molecule has 0 heterocycles. The van der Waals surface area contributed by atoms with Crippen molar-refractivity contribution in [3.8, 4) is 0 Å². The Morgan fingerprint density at radius 3 is 1.76 bits per heavy atom. The zero-order valence-corrected chi connectivity index (χ0v) is 10.1. The molecular formula is C12H14O5. The summed E-state index contributed by atoms with van der Waals surface area (Å²) in [6.45, 7) is 5.05. The van der Waals surface area contributed by atoms with E-state index in [0.717, 1.165) is 13.8 Å². The van der Waals surface area contributed by atoms with Crippen molar-refractivity contribution in [2.45, 2.75) is 27.7 Å². The largest absolute Gasteiger partial charge is 0.510 e. The van der Waals surface area contributed by atoms with Gasteiger partial charge in [0.2, 0.25) is 0 Å². The fraction of sp³-hybridized carbons (Fsp3) is 0.417. The maximum Gasteiger partial charge on any atom is 0.183 e. The first-order chi connectivity index (χ1) is 7.62. The van der Waals surface area contributed by atoms with E-state index < -0.39 is 39.9 Å². The third-order valence-electron chi connectivity index (χ3n) is 2.80. The number of Topliss-reactive ketones (excluding diaryl/α,β-unsaturated/α-hetero) is 3. The summed E-state index contributed by atoms with van der Waals surface area (Å²) in [4.78, 5) is 34.6. The third-order valence-corrected chi connectivity index (χ3v) is 2.80. The second kappa shape index (κ2) is 3.84. The van der Waals surface area contributed by atoms with Crippen molar-refractivity contribution < 1.29 is 24.6 Å². The van der Waals surface area contributed by atoms with Gasteiger partial charge in [-0.15, -0.1) is 0 Å².